The van der Waals surface area contributed by atoms with Crippen LogP contribution in [0, 0.1) is 5.82 Å². The average molecular weight is 370 g/mol. The minimum Gasteiger partial charge on any atom is -0.366 e. The van der Waals surface area contributed by atoms with Crippen LogP contribution in [0.25, 0.3) is 0 Å². The fourth-order valence-corrected chi connectivity index (χ4v) is 3.09. The number of nitrogens with two attached hydrogens (primary N) is 1. The van der Waals surface area contributed by atoms with Crippen LogP contribution in [0.1, 0.15) is 15.9 Å². The van der Waals surface area contributed by atoms with E-state index in [1.54, 1.807) is 36.4 Å². The molecule has 0 radical (unpaired) electrons. The van der Waals surface area contributed by atoms with Gasteiger partial charge in [-0.25, -0.2) is 4.39 Å². The molecule has 3 rings (SSSR count). The Morgan fingerprint density at radius 1 is 0.963 bits per heavy atom. The fraction of sp³-hybridized carbons (Fsp3) is 0.300. The van der Waals surface area contributed by atoms with Gasteiger partial charge >= 0.3 is 0 Å². The number of piperazine rings is 1. The molecule has 3 N–H and O–H groups in total. The molecule has 0 bridgehead atoms. The quantitative estimate of drug-likeness (QED) is 0.811. The van der Waals surface area contributed by atoms with Crippen LogP contribution >= 0.6 is 0 Å². The lowest BCUT2D eigenvalue weighted by Crippen LogP contribution is -2.48. The van der Waals surface area contributed by atoms with Gasteiger partial charge in [-0.3, -0.25) is 19.4 Å². The summed E-state index contributed by atoms with van der Waals surface area (Å²) < 4.78 is 13.8. The smallest absolute Gasteiger partial charge is 0.248 e. The highest BCUT2D eigenvalue weighted by Gasteiger charge is 2.19. The van der Waals surface area contributed by atoms with Crippen LogP contribution in [0.3, 0.4) is 0 Å². The Labute approximate surface area is 157 Å². The van der Waals surface area contributed by atoms with Crippen molar-refractivity contribution in [2.75, 3.05) is 38.0 Å². The number of carbonyl (C=O) groups excluding carboxylic acids is 2. The maximum absolute atomic E-state index is 13.8. The molecule has 2 aromatic rings. The van der Waals surface area contributed by atoms with Gasteiger partial charge in [0.05, 0.1) is 6.54 Å². The molecule has 1 saturated heterocycles. The second-order valence-electron chi connectivity index (χ2n) is 6.63. The zero-order valence-electron chi connectivity index (χ0n) is 15.0. The predicted molar refractivity (Wildman–Crippen MR) is 102 cm³/mol. The van der Waals surface area contributed by atoms with Gasteiger partial charge in [0.25, 0.3) is 0 Å². The van der Waals surface area contributed by atoms with Crippen molar-refractivity contribution in [1.82, 2.24) is 9.80 Å². The van der Waals surface area contributed by atoms with Crippen molar-refractivity contribution in [3.05, 3.63) is 65.5 Å². The monoisotopic (exact) mass is 370 g/mol. The molecule has 0 saturated carbocycles. The van der Waals surface area contributed by atoms with Crippen LogP contribution < -0.4 is 11.1 Å². The van der Waals surface area contributed by atoms with Crippen molar-refractivity contribution in [2.24, 2.45) is 5.73 Å². The molecule has 0 atom stereocenters. The van der Waals surface area contributed by atoms with Gasteiger partial charge in [-0.2, -0.15) is 0 Å². The number of halogens is 1. The number of hydrogen-bond acceptors (Lipinski definition) is 4. The Bertz CT molecular complexity index is 802. The first-order valence-electron chi connectivity index (χ1n) is 8.89. The van der Waals surface area contributed by atoms with Crippen LogP contribution in [0.5, 0.6) is 0 Å². The zero-order chi connectivity index (χ0) is 19.2. The largest absolute Gasteiger partial charge is 0.366 e. The van der Waals surface area contributed by atoms with E-state index < -0.39 is 5.91 Å². The number of rotatable bonds is 6. The van der Waals surface area contributed by atoms with Crippen molar-refractivity contribution < 1.29 is 14.0 Å². The molecule has 2 aromatic carbocycles. The van der Waals surface area contributed by atoms with Gasteiger partial charge < -0.3 is 11.1 Å². The van der Waals surface area contributed by atoms with Crippen LogP contribution in [-0.2, 0) is 11.3 Å². The molecule has 1 fully saturated rings. The van der Waals surface area contributed by atoms with E-state index >= 15 is 0 Å². The maximum atomic E-state index is 13.8. The highest BCUT2D eigenvalue weighted by atomic mass is 19.1. The van der Waals surface area contributed by atoms with Gasteiger partial charge in [0, 0.05) is 49.5 Å². The lowest BCUT2D eigenvalue weighted by molar-refractivity contribution is -0.117. The molecule has 0 aliphatic carbocycles. The van der Waals surface area contributed by atoms with Crippen LogP contribution in [0.15, 0.2) is 48.5 Å². The predicted octanol–water partition coefficient (Wildman–Crippen LogP) is 1.68. The number of nitrogens with zero attached hydrogens (tertiary/aromatic N) is 2. The SMILES string of the molecule is NC(=O)c1ccc(NC(=O)CN2CCN(Cc3ccccc3F)CC2)cc1. The van der Waals surface area contributed by atoms with Gasteiger partial charge in [0.15, 0.2) is 0 Å². The van der Waals surface area contributed by atoms with E-state index in [2.05, 4.69) is 15.1 Å². The third-order valence-corrected chi connectivity index (χ3v) is 4.64. The molecule has 6 nitrogen and oxygen atoms in total. The number of amides is 2. The normalized spacial score (nSPS) is 15.4. The summed E-state index contributed by atoms with van der Waals surface area (Å²) in [7, 11) is 0. The zero-order valence-corrected chi connectivity index (χ0v) is 15.0. The second-order valence-corrected chi connectivity index (χ2v) is 6.63. The van der Waals surface area contributed by atoms with Crippen molar-refractivity contribution in [1.29, 1.82) is 0 Å². The summed E-state index contributed by atoms with van der Waals surface area (Å²) in [4.78, 5) is 27.5. The Morgan fingerprint density at radius 2 is 1.59 bits per heavy atom. The van der Waals surface area contributed by atoms with Crippen molar-refractivity contribution in [3.63, 3.8) is 0 Å². The molecule has 7 heteroatoms. The summed E-state index contributed by atoms with van der Waals surface area (Å²) in [5.41, 5.74) is 6.93. The summed E-state index contributed by atoms with van der Waals surface area (Å²) in [6.45, 7) is 3.96. The highest BCUT2D eigenvalue weighted by molar-refractivity contribution is 5.95. The summed E-state index contributed by atoms with van der Waals surface area (Å²) in [6, 6.07) is 13.3. The van der Waals surface area contributed by atoms with Gasteiger partial charge in [-0.05, 0) is 30.3 Å². The first kappa shape index (κ1) is 19.0. The van der Waals surface area contributed by atoms with Gasteiger partial charge in [-0.15, -0.1) is 0 Å². The van der Waals surface area contributed by atoms with Crippen LogP contribution in [0.2, 0.25) is 0 Å². The molecule has 1 heterocycles. The third-order valence-electron chi connectivity index (χ3n) is 4.64. The number of carbonyl (C=O) groups is 2. The van der Waals surface area contributed by atoms with E-state index in [0.29, 0.717) is 29.9 Å². The minimum atomic E-state index is -0.499. The molecular weight excluding hydrogens is 347 g/mol. The topological polar surface area (TPSA) is 78.7 Å². The molecule has 2 amide bonds. The Hall–Kier alpha value is -2.77. The van der Waals surface area contributed by atoms with E-state index in [1.165, 1.54) is 6.07 Å². The first-order chi connectivity index (χ1) is 13.0. The summed E-state index contributed by atoms with van der Waals surface area (Å²) >= 11 is 0. The number of primary amides is 1. The maximum Gasteiger partial charge on any atom is 0.248 e. The van der Waals surface area contributed by atoms with Crippen molar-refractivity contribution in [2.45, 2.75) is 6.54 Å². The number of nitrogens with one attached hydrogen (secondary N) is 1. The Kier molecular flexibility index (Phi) is 6.16. The molecule has 1 aliphatic heterocycles. The van der Waals surface area contributed by atoms with Crippen LogP contribution in [-0.4, -0.2) is 54.3 Å². The minimum absolute atomic E-state index is 0.107. The van der Waals surface area contributed by atoms with E-state index in [-0.39, 0.29) is 11.7 Å². The third kappa shape index (κ3) is 5.35. The number of anilines is 1. The van der Waals surface area contributed by atoms with Gasteiger partial charge in [0.1, 0.15) is 5.82 Å². The molecule has 0 spiro atoms. The van der Waals surface area contributed by atoms with E-state index in [0.717, 1.165) is 26.2 Å². The molecule has 27 heavy (non-hydrogen) atoms. The number of hydrogen-bond donors (Lipinski definition) is 2. The molecule has 0 aromatic heterocycles. The highest BCUT2D eigenvalue weighted by Crippen LogP contribution is 2.13. The fourth-order valence-electron chi connectivity index (χ4n) is 3.09. The van der Waals surface area contributed by atoms with Gasteiger partial charge in [-0.1, -0.05) is 18.2 Å². The van der Waals surface area contributed by atoms with Crippen LogP contribution in [0.4, 0.5) is 10.1 Å². The number of benzene rings is 2. The lowest BCUT2D eigenvalue weighted by Gasteiger charge is -2.34. The first-order valence-corrected chi connectivity index (χ1v) is 8.89. The van der Waals surface area contributed by atoms with Gasteiger partial charge in [0.2, 0.25) is 11.8 Å². The van der Waals surface area contributed by atoms with E-state index in [9.17, 15) is 14.0 Å². The lowest BCUT2D eigenvalue weighted by atomic mass is 10.2. The second kappa shape index (κ2) is 8.75. The molecular formula is C20H23FN4O2. The van der Waals surface area contributed by atoms with E-state index in [1.807, 2.05) is 6.07 Å². The Morgan fingerprint density at radius 3 is 2.22 bits per heavy atom. The molecule has 0 unspecified atom stereocenters. The average Bonchev–Trinajstić information content (AvgIpc) is 2.65. The molecule has 142 valence electrons. The van der Waals surface area contributed by atoms with Crippen molar-refractivity contribution >= 4 is 17.5 Å². The molecule has 1 aliphatic rings. The van der Waals surface area contributed by atoms with Crippen molar-refractivity contribution in [3.8, 4) is 0 Å². The van der Waals surface area contributed by atoms with E-state index in [4.69, 9.17) is 5.73 Å². The Balaban J connectivity index is 1.44. The summed E-state index contributed by atoms with van der Waals surface area (Å²) in [5, 5.41) is 2.82. The summed E-state index contributed by atoms with van der Waals surface area (Å²) in [5.74, 6) is -0.785. The standard InChI is InChI=1S/C20H23FN4O2/c21-18-4-2-1-3-16(18)13-24-9-11-25(12-10-24)14-19(26)23-17-7-5-15(6-8-17)20(22)27/h1-8H,9-14H2,(H2,22,27)(H,23,26). The summed E-state index contributed by atoms with van der Waals surface area (Å²) in [6.07, 6.45) is 0.